The maximum Gasteiger partial charge on any atom is 0.236 e. The van der Waals surface area contributed by atoms with E-state index in [0.29, 0.717) is 16.8 Å². The van der Waals surface area contributed by atoms with Gasteiger partial charge in [0.25, 0.3) is 0 Å². The van der Waals surface area contributed by atoms with Crippen LogP contribution in [0.3, 0.4) is 0 Å². The van der Waals surface area contributed by atoms with Gasteiger partial charge in [-0.3, -0.25) is 4.79 Å². The number of aryl methyl sites for hydroxylation is 1. The zero-order valence-corrected chi connectivity index (χ0v) is 16.0. The zero-order valence-electron chi connectivity index (χ0n) is 12.8. The van der Waals surface area contributed by atoms with Crippen molar-refractivity contribution in [1.82, 2.24) is 19.7 Å². The third-order valence-corrected chi connectivity index (χ3v) is 5.54. The number of carbonyl (C=O) groups is 1. The molecule has 6 nitrogen and oxygen atoms in total. The predicted molar refractivity (Wildman–Crippen MR) is 102 cm³/mol. The molecule has 0 saturated heterocycles. The van der Waals surface area contributed by atoms with E-state index < -0.39 is 0 Å². The number of nitrogens with one attached hydrogen (secondary N) is 1. The Hall–Kier alpha value is -1.71. The van der Waals surface area contributed by atoms with Gasteiger partial charge in [-0.15, -0.1) is 16.8 Å². The lowest BCUT2D eigenvalue weighted by molar-refractivity contribution is -0.113. The average molecular weight is 424 g/mol. The van der Waals surface area contributed by atoms with E-state index in [1.165, 1.54) is 23.1 Å². The van der Waals surface area contributed by atoms with Gasteiger partial charge in [0, 0.05) is 11.0 Å². The number of fused-ring (bicyclic) bond motifs is 1. The maximum atomic E-state index is 12.2. The highest BCUT2D eigenvalue weighted by Crippen LogP contribution is 2.28. The second-order valence-corrected chi connectivity index (χ2v) is 7.79. The number of rotatable bonds is 6. The minimum Gasteiger partial charge on any atom is -0.302 e. The highest BCUT2D eigenvalue weighted by molar-refractivity contribution is 9.10. The Balaban J connectivity index is 1.64. The fraction of sp³-hybridized carbons (Fsp3) is 0.200. The second kappa shape index (κ2) is 7.45. The van der Waals surface area contributed by atoms with Gasteiger partial charge < -0.3 is 9.88 Å². The number of nitrogens with zero attached hydrogens (tertiary/aromatic N) is 4. The molecule has 0 aliphatic carbocycles. The molecular formula is C15H14BrN5OS2. The van der Waals surface area contributed by atoms with Crippen molar-refractivity contribution in [2.24, 2.45) is 0 Å². The lowest BCUT2D eigenvalue weighted by Gasteiger charge is -2.04. The molecule has 3 aromatic rings. The lowest BCUT2D eigenvalue weighted by Crippen LogP contribution is -2.14. The average Bonchev–Trinajstić information content (AvgIpc) is 3.09. The Morgan fingerprint density at radius 3 is 3.12 bits per heavy atom. The summed E-state index contributed by atoms with van der Waals surface area (Å²) in [5.74, 6) is 0.924. The third-order valence-electron chi connectivity index (χ3n) is 3.14. The van der Waals surface area contributed by atoms with Crippen molar-refractivity contribution < 1.29 is 4.79 Å². The van der Waals surface area contributed by atoms with Crippen LogP contribution in [0.5, 0.6) is 0 Å². The third kappa shape index (κ3) is 3.85. The van der Waals surface area contributed by atoms with Crippen molar-refractivity contribution in [1.29, 1.82) is 0 Å². The van der Waals surface area contributed by atoms with Gasteiger partial charge in [-0.05, 0) is 25.1 Å². The molecule has 1 amide bonds. The molecule has 2 heterocycles. The van der Waals surface area contributed by atoms with Gasteiger partial charge in [-0.25, -0.2) is 4.98 Å². The number of thiazole rings is 1. The molecule has 0 aliphatic heterocycles. The molecule has 0 unspecified atom stereocenters. The van der Waals surface area contributed by atoms with Crippen molar-refractivity contribution in [2.75, 3.05) is 11.1 Å². The van der Waals surface area contributed by atoms with E-state index in [4.69, 9.17) is 0 Å². The van der Waals surface area contributed by atoms with Crippen LogP contribution < -0.4 is 5.32 Å². The predicted octanol–water partition coefficient (Wildman–Crippen LogP) is 3.88. The highest BCUT2D eigenvalue weighted by atomic mass is 79.9. The Bertz CT molecular complexity index is 905. The van der Waals surface area contributed by atoms with Gasteiger partial charge in [0.05, 0.1) is 16.0 Å². The van der Waals surface area contributed by atoms with E-state index in [9.17, 15) is 4.79 Å². The lowest BCUT2D eigenvalue weighted by atomic mass is 10.3. The van der Waals surface area contributed by atoms with Crippen molar-refractivity contribution in [3.8, 4) is 0 Å². The topological polar surface area (TPSA) is 72.7 Å². The van der Waals surface area contributed by atoms with Gasteiger partial charge in [0.2, 0.25) is 5.91 Å². The van der Waals surface area contributed by atoms with Gasteiger partial charge in [0.15, 0.2) is 10.3 Å². The molecule has 2 aromatic heterocycles. The smallest absolute Gasteiger partial charge is 0.236 e. The van der Waals surface area contributed by atoms with Gasteiger partial charge in [-0.1, -0.05) is 45.1 Å². The van der Waals surface area contributed by atoms with Crippen LogP contribution in [-0.2, 0) is 11.3 Å². The molecule has 3 rings (SSSR count). The molecule has 1 aromatic carbocycles. The summed E-state index contributed by atoms with van der Waals surface area (Å²) in [5, 5.41) is 12.3. The van der Waals surface area contributed by atoms with Crippen LogP contribution in [-0.4, -0.2) is 31.4 Å². The number of thioether (sulfide) groups is 1. The van der Waals surface area contributed by atoms with Crippen molar-refractivity contribution in [2.45, 2.75) is 18.6 Å². The fourth-order valence-corrected chi connectivity index (χ4v) is 4.27. The van der Waals surface area contributed by atoms with Gasteiger partial charge in [-0.2, -0.15) is 0 Å². The van der Waals surface area contributed by atoms with E-state index in [1.807, 2.05) is 29.7 Å². The Kier molecular flexibility index (Phi) is 5.32. The molecule has 1 N–H and O–H groups in total. The molecule has 0 atom stereocenters. The van der Waals surface area contributed by atoms with Crippen LogP contribution in [0.15, 0.2) is 40.5 Å². The minimum atomic E-state index is -0.121. The number of benzene rings is 1. The first kappa shape index (κ1) is 17.1. The van der Waals surface area contributed by atoms with Crippen LogP contribution in [0.25, 0.3) is 10.2 Å². The summed E-state index contributed by atoms with van der Waals surface area (Å²) in [6.45, 7) is 6.22. The second-order valence-electron chi connectivity index (χ2n) is 4.90. The molecule has 9 heteroatoms. The summed E-state index contributed by atoms with van der Waals surface area (Å²) < 4.78 is 3.93. The van der Waals surface area contributed by atoms with Crippen molar-refractivity contribution in [3.05, 3.63) is 41.2 Å². The quantitative estimate of drug-likeness (QED) is 0.480. The van der Waals surface area contributed by atoms with Crippen LogP contribution in [0.1, 0.15) is 5.82 Å². The molecule has 0 aliphatic rings. The van der Waals surface area contributed by atoms with Gasteiger partial charge >= 0.3 is 0 Å². The Morgan fingerprint density at radius 1 is 1.50 bits per heavy atom. The van der Waals surface area contributed by atoms with E-state index in [1.54, 1.807) is 6.08 Å². The largest absolute Gasteiger partial charge is 0.302 e. The molecule has 24 heavy (non-hydrogen) atoms. The number of halogens is 1. The van der Waals surface area contributed by atoms with Crippen molar-refractivity contribution >= 4 is 60.3 Å². The number of aromatic nitrogens is 4. The standard InChI is InChI=1S/C15H14BrN5OS2/c1-3-6-21-9(2)19-20-15(21)23-8-13(22)18-14-17-11-5-4-10(16)7-12(11)24-14/h3-5,7H,1,6,8H2,2H3,(H,17,18,22). The van der Waals surface area contributed by atoms with Gasteiger partial charge in [0.1, 0.15) is 5.82 Å². The van der Waals surface area contributed by atoms with E-state index in [-0.39, 0.29) is 11.7 Å². The number of amides is 1. The molecular weight excluding hydrogens is 410 g/mol. The first-order valence-electron chi connectivity index (χ1n) is 7.06. The molecule has 0 spiro atoms. The van der Waals surface area contributed by atoms with Crippen molar-refractivity contribution in [3.63, 3.8) is 0 Å². The molecule has 0 saturated carbocycles. The molecule has 0 radical (unpaired) electrons. The first-order valence-corrected chi connectivity index (χ1v) is 9.66. The van der Waals surface area contributed by atoms with E-state index >= 15 is 0 Å². The summed E-state index contributed by atoms with van der Waals surface area (Å²) >= 11 is 6.22. The number of hydrogen-bond acceptors (Lipinski definition) is 6. The summed E-state index contributed by atoms with van der Waals surface area (Å²) in [5.41, 5.74) is 0.868. The monoisotopic (exact) mass is 423 g/mol. The first-order chi connectivity index (χ1) is 11.6. The molecule has 0 bridgehead atoms. The molecule has 124 valence electrons. The Labute approximate surface area is 155 Å². The van der Waals surface area contributed by atoms with Crippen LogP contribution >= 0.6 is 39.0 Å². The van der Waals surface area contributed by atoms with Crippen LogP contribution in [0.2, 0.25) is 0 Å². The summed E-state index contributed by atoms with van der Waals surface area (Å²) in [7, 11) is 0. The fourth-order valence-electron chi connectivity index (χ4n) is 2.04. The number of allylic oxidation sites excluding steroid dienone is 1. The number of hydrogen-bond donors (Lipinski definition) is 1. The van der Waals surface area contributed by atoms with Crippen LogP contribution in [0.4, 0.5) is 5.13 Å². The number of anilines is 1. The van der Waals surface area contributed by atoms with Crippen LogP contribution in [0, 0.1) is 6.92 Å². The maximum absolute atomic E-state index is 12.2. The zero-order chi connectivity index (χ0) is 17.1. The molecule has 0 fully saturated rings. The summed E-state index contributed by atoms with van der Waals surface area (Å²) in [6.07, 6.45) is 1.78. The normalized spacial score (nSPS) is 10.9. The van der Waals surface area contributed by atoms with E-state index in [0.717, 1.165) is 20.5 Å². The number of carbonyl (C=O) groups excluding carboxylic acids is 1. The van der Waals surface area contributed by atoms with E-state index in [2.05, 4.69) is 43.0 Å². The highest BCUT2D eigenvalue weighted by Gasteiger charge is 2.12. The minimum absolute atomic E-state index is 0.121. The SMILES string of the molecule is C=CCn1c(C)nnc1SCC(=O)Nc1nc2ccc(Br)cc2s1. The summed E-state index contributed by atoms with van der Waals surface area (Å²) in [4.78, 5) is 16.6. The Morgan fingerprint density at radius 2 is 2.33 bits per heavy atom. The summed E-state index contributed by atoms with van der Waals surface area (Å²) in [6, 6.07) is 5.83.